The van der Waals surface area contributed by atoms with E-state index in [-0.39, 0.29) is 11.5 Å². The second-order valence-corrected chi connectivity index (χ2v) is 5.09. The summed E-state index contributed by atoms with van der Waals surface area (Å²) >= 11 is 4.67. The van der Waals surface area contributed by atoms with E-state index in [0.717, 1.165) is 0 Å². The first-order chi connectivity index (χ1) is 10.9. The number of carbonyl (C=O) groups is 4. The summed E-state index contributed by atoms with van der Waals surface area (Å²) in [7, 11) is 1.27. The second-order valence-electron chi connectivity index (χ2n) is 4.68. The normalized spacial score (nSPS) is 14.7. The number of esters is 1. The molecule has 3 amide bonds. The van der Waals surface area contributed by atoms with Gasteiger partial charge in [0, 0.05) is 12.1 Å². The minimum absolute atomic E-state index is 0.0740. The van der Waals surface area contributed by atoms with Gasteiger partial charge in [-0.3, -0.25) is 14.4 Å². The molecular formula is C14H13N3O5S. The Labute approximate surface area is 136 Å². The van der Waals surface area contributed by atoms with Gasteiger partial charge in [-0.1, -0.05) is 0 Å². The van der Waals surface area contributed by atoms with Crippen LogP contribution >= 0.6 is 12.2 Å². The Hall–Kier alpha value is -2.81. The summed E-state index contributed by atoms with van der Waals surface area (Å²) in [6, 6.07) is 6.00. The molecule has 1 aromatic carbocycles. The van der Waals surface area contributed by atoms with Crippen molar-refractivity contribution in [2.24, 2.45) is 5.92 Å². The molecule has 1 aliphatic heterocycles. The zero-order chi connectivity index (χ0) is 17.0. The molecule has 0 bridgehead atoms. The van der Waals surface area contributed by atoms with Crippen LogP contribution in [0, 0.1) is 5.92 Å². The molecule has 1 fully saturated rings. The fourth-order valence-corrected chi connectivity index (χ4v) is 2.14. The van der Waals surface area contributed by atoms with Crippen LogP contribution in [-0.4, -0.2) is 35.9 Å². The van der Waals surface area contributed by atoms with Gasteiger partial charge in [-0.05, 0) is 36.5 Å². The average molecular weight is 335 g/mol. The van der Waals surface area contributed by atoms with Gasteiger partial charge in [0.05, 0.1) is 12.7 Å². The molecule has 0 unspecified atom stereocenters. The molecule has 0 saturated carbocycles. The molecule has 0 aliphatic carbocycles. The topological polar surface area (TPSA) is 114 Å². The van der Waals surface area contributed by atoms with E-state index in [1.165, 1.54) is 31.4 Å². The van der Waals surface area contributed by atoms with Crippen LogP contribution in [0.15, 0.2) is 24.3 Å². The zero-order valence-electron chi connectivity index (χ0n) is 12.0. The fourth-order valence-electron chi connectivity index (χ4n) is 1.94. The van der Waals surface area contributed by atoms with E-state index in [1.54, 1.807) is 0 Å². The molecule has 2 rings (SSSR count). The van der Waals surface area contributed by atoms with Crippen LogP contribution in [0.4, 0.5) is 5.69 Å². The molecule has 1 aliphatic rings. The van der Waals surface area contributed by atoms with Crippen LogP contribution in [0.5, 0.6) is 0 Å². The van der Waals surface area contributed by atoms with Crippen LogP contribution < -0.4 is 16.0 Å². The number of nitrogens with one attached hydrogen (secondary N) is 3. The lowest BCUT2D eigenvalue weighted by atomic mass is 10.0. The van der Waals surface area contributed by atoms with Crippen LogP contribution in [0.1, 0.15) is 16.8 Å². The van der Waals surface area contributed by atoms with Gasteiger partial charge in [-0.2, -0.15) is 0 Å². The maximum atomic E-state index is 11.9. The first-order valence-corrected chi connectivity index (χ1v) is 6.95. The van der Waals surface area contributed by atoms with E-state index in [2.05, 4.69) is 32.9 Å². The maximum Gasteiger partial charge on any atom is 0.337 e. The number of hydrogen-bond acceptors (Lipinski definition) is 6. The maximum absolute atomic E-state index is 11.9. The molecule has 3 N–H and O–H groups in total. The van der Waals surface area contributed by atoms with E-state index in [9.17, 15) is 19.2 Å². The van der Waals surface area contributed by atoms with Gasteiger partial charge in [0.2, 0.25) is 17.7 Å². The predicted molar refractivity (Wildman–Crippen MR) is 83.4 cm³/mol. The van der Waals surface area contributed by atoms with E-state index < -0.39 is 29.6 Å². The third kappa shape index (κ3) is 4.10. The number of carbonyl (C=O) groups excluding carboxylic acids is 4. The number of thiocarbonyl (C=S) groups is 1. The summed E-state index contributed by atoms with van der Waals surface area (Å²) in [6.45, 7) is 0. The summed E-state index contributed by atoms with van der Waals surface area (Å²) < 4.78 is 4.56. The third-order valence-electron chi connectivity index (χ3n) is 3.09. The highest BCUT2D eigenvalue weighted by atomic mass is 32.1. The molecule has 1 saturated heterocycles. The Morgan fingerprint density at radius 1 is 1.17 bits per heavy atom. The van der Waals surface area contributed by atoms with Crippen molar-refractivity contribution in [1.82, 2.24) is 10.6 Å². The van der Waals surface area contributed by atoms with Crippen LogP contribution in [0.25, 0.3) is 0 Å². The Balaban J connectivity index is 1.97. The first-order valence-electron chi connectivity index (χ1n) is 6.54. The van der Waals surface area contributed by atoms with Crippen molar-refractivity contribution in [3.63, 3.8) is 0 Å². The fraction of sp³-hybridized carbons (Fsp3) is 0.214. The monoisotopic (exact) mass is 335 g/mol. The number of rotatable bonds is 4. The number of hydrogen-bond donors (Lipinski definition) is 3. The smallest absolute Gasteiger partial charge is 0.337 e. The predicted octanol–water partition coefficient (Wildman–Crippen LogP) is -0.0511. The van der Waals surface area contributed by atoms with E-state index in [1.807, 2.05) is 0 Å². The van der Waals surface area contributed by atoms with Gasteiger partial charge in [-0.15, -0.1) is 0 Å². The van der Waals surface area contributed by atoms with Crippen molar-refractivity contribution in [2.45, 2.75) is 6.42 Å². The number of methoxy groups -OCH3 is 1. The van der Waals surface area contributed by atoms with Gasteiger partial charge in [0.25, 0.3) is 0 Å². The number of anilines is 1. The molecule has 9 heteroatoms. The molecule has 1 aromatic rings. The molecule has 8 nitrogen and oxygen atoms in total. The van der Waals surface area contributed by atoms with Gasteiger partial charge >= 0.3 is 5.97 Å². The minimum atomic E-state index is -1.14. The number of amides is 3. The lowest BCUT2D eigenvalue weighted by molar-refractivity contribution is -0.137. The summed E-state index contributed by atoms with van der Waals surface area (Å²) in [5, 5.41) is 7.04. The van der Waals surface area contributed by atoms with Crippen LogP contribution in [0.2, 0.25) is 0 Å². The first kappa shape index (κ1) is 16.6. The average Bonchev–Trinajstić information content (AvgIpc) is 2.51. The quantitative estimate of drug-likeness (QED) is 0.404. The minimum Gasteiger partial charge on any atom is -0.465 e. The number of benzene rings is 1. The van der Waals surface area contributed by atoms with Gasteiger partial charge < -0.3 is 20.7 Å². The van der Waals surface area contributed by atoms with Crippen molar-refractivity contribution in [2.75, 3.05) is 12.4 Å². The summed E-state index contributed by atoms with van der Waals surface area (Å²) in [5.41, 5.74) is 0.764. The Morgan fingerprint density at radius 3 is 2.26 bits per heavy atom. The van der Waals surface area contributed by atoms with Gasteiger partial charge in [0.1, 0.15) is 5.92 Å². The highest BCUT2D eigenvalue weighted by Gasteiger charge is 2.34. The molecule has 0 aromatic heterocycles. The SMILES string of the molecule is COC(=O)c1ccc(NC(=O)CC2C(=O)NC(=S)NC2=O)cc1. The molecule has 0 radical (unpaired) electrons. The van der Waals surface area contributed by atoms with Crippen molar-refractivity contribution in [3.8, 4) is 0 Å². The molecule has 23 heavy (non-hydrogen) atoms. The van der Waals surface area contributed by atoms with Crippen molar-refractivity contribution in [3.05, 3.63) is 29.8 Å². The molecule has 1 heterocycles. The largest absolute Gasteiger partial charge is 0.465 e. The van der Waals surface area contributed by atoms with Crippen molar-refractivity contribution < 1.29 is 23.9 Å². The molecular weight excluding hydrogens is 322 g/mol. The number of ether oxygens (including phenoxy) is 1. The Morgan fingerprint density at radius 2 is 1.74 bits per heavy atom. The molecule has 120 valence electrons. The lowest BCUT2D eigenvalue weighted by Gasteiger charge is -2.21. The standard InChI is InChI=1S/C14H13N3O5S/c1-22-13(21)7-2-4-8(5-3-7)15-10(18)6-9-11(19)16-14(23)17-12(9)20/h2-5,9H,6H2,1H3,(H,15,18)(H2,16,17,19,20,23). The summed E-state index contributed by atoms with van der Waals surface area (Å²) in [5.74, 6) is -3.38. The molecule has 0 spiro atoms. The van der Waals surface area contributed by atoms with E-state index in [4.69, 9.17) is 0 Å². The van der Waals surface area contributed by atoms with Crippen LogP contribution in [0.3, 0.4) is 0 Å². The zero-order valence-corrected chi connectivity index (χ0v) is 12.9. The lowest BCUT2D eigenvalue weighted by Crippen LogP contribution is -2.56. The van der Waals surface area contributed by atoms with Crippen LogP contribution in [-0.2, 0) is 19.1 Å². The highest BCUT2D eigenvalue weighted by molar-refractivity contribution is 7.80. The highest BCUT2D eigenvalue weighted by Crippen LogP contribution is 2.13. The summed E-state index contributed by atoms with van der Waals surface area (Å²) in [6.07, 6.45) is -0.320. The van der Waals surface area contributed by atoms with Gasteiger partial charge in [0.15, 0.2) is 5.11 Å². The molecule has 0 atom stereocenters. The van der Waals surface area contributed by atoms with E-state index in [0.29, 0.717) is 11.3 Å². The van der Waals surface area contributed by atoms with Crippen molar-refractivity contribution in [1.29, 1.82) is 0 Å². The van der Waals surface area contributed by atoms with E-state index >= 15 is 0 Å². The third-order valence-corrected chi connectivity index (χ3v) is 3.29. The second kappa shape index (κ2) is 6.97. The Kier molecular flexibility index (Phi) is 5.02. The van der Waals surface area contributed by atoms with Gasteiger partial charge in [-0.25, -0.2) is 4.79 Å². The summed E-state index contributed by atoms with van der Waals surface area (Å²) in [4.78, 5) is 46.6. The Bertz CT molecular complexity index is 666. The van der Waals surface area contributed by atoms with Crippen molar-refractivity contribution >= 4 is 46.7 Å².